The van der Waals surface area contributed by atoms with Gasteiger partial charge >= 0.3 is 6.03 Å². The zero-order chi connectivity index (χ0) is 22.5. The first-order valence-electron chi connectivity index (χ1n) is 11.0. The first-order chi connectivity index (χ1) is 15.6. The van der Waals surface area contributed by atoms with Crippen molar-refractivity contribution in [2.45, 2.75) is 32.6 Å². The predicted octanol–water partition coefficient (Wildman–Crippen LogP) is 2.04. The number of hydrazine groups is 1. The molecule has 2 aliphatic rings. The van der Waals surface area contributed by atoms with Crippen LogP contribution in [0.2, 0.25) is 0 Å². The van der Waals surface area contributed by atoms with E-state index in [2.05, 4.69) is 5.32 Å². The van der Waals surface area contributed by atoms with Crippen molar-refractivity contribution in [3.05, 3.63) is 71.8 Å². The molecule has 2 saturated heterocycles. The minimum absolute atomic E-state index is 0.0401. The molecule has 2 aliphatic heterocycles. The number of piperazine rings is 1. The maximum absolute atomic E-state index is 13.1. The van der Waals surface area contributed by atoms with E-state index in [1.807, 2.05) is 72.6 Å². The third kappa shape index (κ3) is 4.75. The molecule has 1 atom stereocenters. The van der Waals surface area contributed by atoms with Gasteiger partial charge in [-0.05, 0) is 17.5 Å². The number of hydrogen-bond acceptors (Lipinski definition) is 4. The van der Waals surface area contributed by atoms with E-state index in [-0.39, 0.29) is 37.1 Å². The lowest BCUT2D eigenvalue weighted by molar-refractivity contribution is -0.149. The maximum Gasteiger partial charge on any atom is 0.332 e. The maximum atomic E-state index is 13.1. The van der Waals surface area contributed by atoms with Gasteiger partial charge in [-0.1, -0.05) is 67.6 Å². The van der Waals surface area contributed by atoms with Crippen molar-refractivity contribution in [3.63, 3.8) is 0 Å². The average Bonchev–Trinajstić information content (AvgIpc) is 3.12. The third-order valence-corrected chi connectivity index (χ3v) is 5.85. The number of carbonyl (C=O) groups is 3. The van der Waals surface area contributed by atoms with Gasteiger partial charge < -0.3 is 15.1 Å². The van der Waals surface area contributed by atoms with Gasteiger partial charge in [0.1, 0.15) is 12.7 Å². The van der Waals surface area contributed by atoms with Gasteiger partial charge in [0, 0.05) is 19.6 Å². The summed E-state index contributed by atoms with van der Waals surface area (Å²) in [5.41, 5.74) is 2.05. The summed E-state index contributed by atoms with van der Waals surface area (Å²) in [6.45, 7) is 3.89. The van der Waals surface area contributed by atoms with Crippen molar-refractivity contribution < 1.29 is 14.4 Å². The molecule has 1 N–H and O–H groups in total. The van der Waals surface area contributed by atoms with Gasteiger partial charge in [0.2, 0.25) is 11.8 Å². The quantitative estimate of drug-likeness (QED) is 0.722. The molecule has 0 bridgehead atoms. The predicted molar refractivity (Wildman–Crippen MR) is 120 cm³/mol. The van der Waals surface area contributed by atoms with Gasteiger partial charge in [-0.25, -0.2) is 4.79 Å². The normalized spacial score (nSPS) is 18.6. The molecule has 8 nitrogen and oxygen atoms in total. The van der Waals surface area contributed by atoms with Crippen molar-refractivity contribution in [1.29, 1.82) is 0 Å². The number of urea groups is 1. The second-order valence-corrected chi connectivity index (χ2v) is 8.13. The second kappa shape index (κ2) is 9.82. The van der Waals surface area contributed by atoms with Crippen LogP contribution in [0.15, 0.2) is 60.7 Å². The number of hydrogen-bond donors (Lipinski definition) is 1. The Morgan fingerprint density at radius 2 is 1.62 bits per heavy atom. The number of carbonyl (C=O) groups excluding carboxylic acids is 3. The van der Waals surface area contributed by atoms with Gasteiger partial charge in [-0.3, -0.25) is 14.6 Å². The van der Waals surface area contributed by atoms with Gasteiger partial charge in [-0.15, -0.1) is 0 Å². The highest BCUT2D eigenvalue weighted by Crippen LogP contribution is 2.24. The number of amides is 4. The van der Waals surface area contributed by atoms with Gasteiger partial charge in [0.15, 0.2) is 0 Å². The Bertz CT molecular complexity index is 953. The van der Waals surface area contributed by atoms with Crippen molar-refractivity contribution >= 4 is 17.8 Å². The van der Waals surface area contributed by atoms with Crippen molar-refractivity contribution in [3.8, 4) is 0 Å². The molecule has 32 heavy (non-hydrogen) atoms. The zero-order valence-corrected chi connectivity index (χ0v) is 18.3. The molecule has 2 heterocycles. The van der Waals surface area contributed by atoms with E-state index in [0.29, 0.717) is 26.2 Å². The van der Waals surface area contributed by atoms with Crippen molar-refractivity contribution in [2.24, 2.45) is 0 Å². The Hall–Kier alpha value is -3.39. The van der Waals surface area contributed by atoms with Crippen LogP contribution in [0.4, 0.5) is 4.79 Å². The number of nitrogens with zero attached hydrogens (tertiary/aromatic N) is 4. The zero-order valence-electron chi connectivity index (χ0n) is 18.3. The fraction of sp³-hybridized carbons (Fsp3) is 0.375. The minimum atomic E-state index is -0.349. The molecule has 0 spiro atoms. The van der Waals surface area contributed by atoms with Crippen LogP contribution in [0, 0.1) is 0 Å². The van der Waals surface area contributed by atoms with E-state index in [1.165, 1.54) is 0 Å². The number of benzene rings is 2. The van der Waals surface area contributed by atoms with Gasteiger partial charge in [-0.2, -0.15) is 5.01 Å². The fourth-order valence-electron chi connectivity index (χ4n) is 4.22. The SMILES string of the molecule is CCCN(C(=O)NCc1ccccc1)N1CC(=O)N2CC(=O)N(Cc3ccccc3)C[C@@H]21. The van der Waals surface area contributed by atoms with Crippen LogP contribution >= 0.6 is 0 Å². The van der Waals surface area contributed by atoms with E-state index < -0.39 is 0 Å². The van der Waals surface area contributed by atoms with Crippen LogP contribution in [-0.2, 0) is 22.7 Å². The monoisotopic (exact) mass is 435 g/mol. The van der Waals surface area contributed by atoms with E-state index in [9.17, 15) is 14.4 Å². The lowest BCUT2D eigenvalue weighted by Gasteiger charge is -2.42. The molecule has 4 rings (SSSR count). The highest BCUT2D eigenvalue weighted by Gasteiger charge is 2.47. The molecular weight excluding hydrogens is 406 g/mol. The van der Waals surface area contributed by atoms with E-state index in [4.69, 9.17) is 0 Å². The Balaban J connectivity index is 1.48. The molecule has 8 heteroatoms. The van der Waals surface area contributed by atoms with Gasteiger partial charge in [0.25, 0.3) is 0 Å². The molecule has 2 fully saturated rings. The van der Waals surface area contributed by atoms with Crippen LogP contribution in [-0.4, -0.2) is 70.0 Å². The standard InChI is InChI=1S/C24H29N5O3/c1-2-13-28(24(32)25-14-19-9-5-3-6-10-19)29-18-23(31)27-17-22(30)26(16-21(27)29)15-20-11-7-4-8-12-20/h3-12,21H,2,13-18H2,1H3,(H,25,32)/t21-/m0/s1. The summed E-state index contributed by atoms with van der Waals surface area (Å²) in [6.07, 6.45) is 0.404. The van der Waals surface area contributed by atoms with Crippen molar-refractivity contribution in [1.82, 2.24) is 25.1 Å². The highest BCUT2D eigenvalue weighted by atomic mass is 16.2. The van der Waals surface area contributed by atoms with Gasteiger partial charge in [0.05, 0.1) is 13.1 Å². The number of rotatable bonds is 7. The Morgan fingerprint density at radius 1 is 0.969 bits per heavy atom. The summed E-state index contributed by atoms with van der Waals surface area (Å²) in [5.74, 6) is -0.199. The fourth-order valence-corrected chi connectivity index (χ4v) is 4.22. The lowest BCUT2D eigenvalue weighted by Crippen LogP contribution is -2.62. The van der Waals surface area contributed by atoms with Crippen LogP contribution in [0.5, 0.6) is 0 Å². The largest absolute Gasteiger partial charge is 0.333 e. The number of nitrogens with one attached hydrogen (secondary N) is 1. The van der Waals surface area contributed by atoms with E-state index >= 15 is 0 Å². The molecule has 0 unspecified atom stereocenters. The highest BCUT2D eigenvalue weighted by molar-refractivity contribution is 5.89. The summed E-state index contributed by atoms with van der Waals surface area (Å²) in [4.78, 5) is 41.8. The van der Waals surface area contributed by atoms with E-state index in [0.717, 1.165) is 17.5 Å². The molecule has 2 aromatic carbocycles. The average molecular weight is 436 g/mol. The molecular formula is C24H29N5O3. The molecule has 168 valence electrons. The molecule has 2 aromatic rings. The lowest BCUT2D eigenvalue weighted by atomic mass is 10.2. The third-order valence-electron chi connectivity index (χ3n) is 5.85. The smallest absolute Gasteiger partial charge is 0.332 e. The molecule has 0 aliphatic carbocycles. The Morgan fingerprint density at radius 3 is 2.28 bits per heavy atom. The topological polar surface area (TPSA) is 76.2 Å². The minimum Gasteiger partial charge on any atom is -0.333 e. The summed E-state index contributed by atoms with van der Waals surface area (Å²) in [5, 5.41) is 6.41. The summed E-state index contributed by atoms with van der Waals surface area (Å²) in [6, 6.07) is 19.3. The Labute approximate surface area is 188 Å². The molecule has 4 amide bonds. The van der Waals surface area contributed by atoms with Crippen LogP contribution in [0.25, 0.3) is 0 Å². The van der Waals surface area contributed by atoms with Crippen LogP contribution < -0.4 is 5.32 Å². The summed E-state index contributed by atoms with van der Waals surface area (Å²) < 4.78 is 0. The van der Waals surface area contributed by atoms with E-state index in [1.54, 1.807) is 14.8 Å². The molecule has 0 radical (unpaired) electrons. The molecule has 0 saturated carbocycles. The van der Waals surface area contributed by atoms with Crippen LogP contribution in [0.3, 0.4) is 0 Å². The second-order valence-electron chi connectivity index (χ2n) is 8.13. The number of fused-ring (bicyclic) bond motifs is 1. The Kier molecular flexibility index (Phi) is 6.70. The van der Waals surface area contributed by atoms with Crippen molar-refractivity contribution in [2.75, 3.05) is 26.2 Å². The first-order valence-corrected chi connectivity index (χ1v) is 11.0. The molecule has 0 aromatic heterocycles. The summed E-state index contributed by atoms with van der Waals surface area (Å²) >= 11 is 0. The summed E-state index contributed by atoms with van der Waals surface area (Å²) in [7, 11) is 0. The van der Waals surface area contributed by atoms with Crippen LogP contribution in [0.1, 0.15) is 24.5 Å². The first kappa shape index (κ1) is 21.8.